The Bertz CT molecular complexity index is 926. The van der Waals surface area contributed by atoms with Crippen molar-refractivity contribution in [1.29, 1.82) is 0 Å². The summed E-state index contributed by atoms with van der Waals surface area (Å²) in [5.74, 6) is 1.02. The minimum absolute atomic E-state index is 0.0149. The van der Waals surface area contributed by atoms with Crippen LogP contribution in [-0.4, -0.2) is 72.2 Å². The normalized spacial score (nSPS) is 11.6. The van der Waals surface area contributed by atoms with Crippen molar-refractivity contribution < 1.29 is 19.1 Å². The minimum atomic E-state index is -0.474. The lowest BCUT2D eigenvalue weighted by atomic mass is 10.1. The summed E-state index contributed by atoms with van der Waals surface area (Å²) < 4.78 is 10.9. The number of amides is 2. The third kappa shape index (κ3) is 8.18. The van der Waals surface area contributed by atoms with Crippen LogP contribution in [0.25, 0.3) is 0 Å². The molecular weight excluding hydrogens is 446 g/mol. The van der Waals surface area contributed by atoms with Crippen LogP contribution in [0.4, 0.5) is 10.6 Å². The number of benzene rings is 1. The van der Waals surface area contributed by atoms with Gasteiger partial charge in [-0.05, 0) is 31.0 Å². The molecule has 1 N–H and O–H groups in total. The first-order chi connectivity index (χ1) is 15.7. The van der Waals surface area contributed by atoms with Gasteiger partial charge in [-0.15, -0.1) is 0 Å². The van der Waals surface area contributed by atoms with E-state index < -0.39 is 6.09 Å². The molecule has 0 fully saturated rings. The fourth-order valence-electron chi connectivity index (χ4n) is 2.80. The van der Waals surface area contributed by atoms with Crippen LogP contribution in [0.15, 0.2) is 30.6 Å². The molecule has 0 bridgehead atoms. The number of carbonyl (C=O) groups is 2. The minimum Gasteiger partial charge on any atom is -0.410 e. The second-order valence-corrected chi connectivity index (χ2v) is 7.99. The van der Waals surface area contributed by atoms with E-state index >= 15 is 0 Å². The fraction of sp³-hybridized carbons (Fsp3) is 0.478. The molecule has 10 heteroatoms. The first kappa shape index (κ1) is 26.3. The highest BCUT2D eigenvalue weighted by Crippen LogP contribution is 2.27. The molecule has 2 aromatic rings. The Labute approximate surface area is 200 Å². The van der Waals surface area contributed by atoms with Crippen molar-refractivity contribution in [3.8, 4) is 5.75 Å². The van der Waals surface area contributed by atoms with Crippen molar-refractivity contribution in [2.75, 3.05) is 45.7 Å². The molecule has 2 rings (SSSR count). The van der Waals surface area contributed by atoms with E-state index in [1.165, 1.54) is 18.2 Å². The summed E-state index contributed by atoms with van der Waals surface area (Å²) in [7, 11) is 3.36. The first-order valence-corrected chi connectivity index (χ1v) is 11.2. The highest BCUT2D eigenvalue weighted by Gasteiger charge is 2.14. The Balaban J connectivity index is 1.81. The summed E-state index contributed by atoms with van der Waals surface area (Å²) >= 11 is 6.36. The smallest absolute Gasteiger partial charge is 0.410 e. The van der Waals surface area contributed by atoms with Gasteiger partial charge >= 0.3 is 6.09 Å². The zero-order chi connectivity index (χ0) is 24.4. The van der Waals surface area contributed by atoms with Crippen LogP contribution < -0.4 is 10.1 Å². The number of carbonyl (C=O) groups excluding carboxylic acids is 2. The van der Waals surface area contributed by atoms with E-state index in [1.807, 2.05) is 26.0 Å². The summed E-state index contributed by atoms with van der Waals surface area (Å²) in [5, 5.41) is 3.81. The topological polar surface area (TPSA) is 96.9 Å². The number of halogens is 1. The van der Waals surface area contributed by atoms with Gasteiger partial charge in [0.2, 0.25) is 5.91 Å². The average Bonchev–Trinajstić information content (AvgIpc) is 2.80. The number of aromatic nitrogens is 2. The number of ether oxygens (including phenoxy) is 2. The van der Waals surface area contributed by atoms with Crippen LogP contribution in [-0.2, 0) is 16.0 Å². The van der Waals surface area contributed by atoms with Crippen molar-refractivity contribution in [1.82, 2.24) is 19.8 Å². The molecule has 1 aromatic carbocycles. The van der Waals surface area contributed by atoms with Crippen LogP contribution in [0.1, 0.15) is 38.1 Å². The number of hydrogen-bond acceptors (Lipinski definition) is 7. The fourth-order valence-corrected chi connectivity index (χ4v) is 3.08. The molecule has 1 atom stereocenters. The lowest BCUT2D eigenvalue weighted by molar-refractivity contribution is -0.128. The van der Waals surface area contributed by atoms with Gasteiger partial charge in [-0.3, -0.25) is 4.79 Å². The molecule has 9 nitrogen and oxygen atoms in total. The van der Waals surface area contributed by atoms with Crippen molar-refractivity contribution in [3.05, 3.63) is 46.9 Å². The maximum atomic E-state index is 12.3. The SMILES string of the molecule is CCc1ncnc(NC(C)c2ccc(OC(=O)N(C)CCOCCN(C)C(C)=O)cc2)c1Cl. The molecule has 2 amide bonds. The monoisotopic (exact) mass is 477 g/mol. The number of anilines is 1. The van der Waals surface area contributed by atoms with Gasteiger partial charge in [0.1, 0.15) is 22.9 Å². The van der Waals surface area contributed by atoms with Crippen LogP contribution >= 0.6 is 11.6 Å². The van der Waals surface area contributed by atoms with Crippen LogP contribution in [0, 0.1) is 0 Å². The van der Waals surface area contributed by atoms with E-state index in [1.54, 1.807) is 31.1 Å². The maximum absolute atomic E-state index is 12.3. The van der Waals surface area contributed by atoms with E-state index in [0.29, 0.717) is 42.9 Å². The molecule has 0 saturated heterocycles. The zero-order valence-corrected chi connectivity index (χ0v) is 20.6. The molecule has 0 aliphatic rings. The largest absolute Gasteiger partial charge is 0.415 e. The van der Waals surface area contributed by atoms with Gasteiger partial charge in [-0.25, -0.2) is 14.8 Å². The number of likely N-dealkylation sites (N-methyl/N-ethyl adjacent to an activating group) is 2. The van der Waals surface area contributed by atoms with E-state index in [0.717, 1.165) is 17.7 Å². The summed E-state index contributed by atoms with van der Waals surface area (Å²) in [5.41, 5.74) is 1.78. The Kier molecular flexibility index (Phi) is 10.3. The third-order valence-electron chi connectivity index (χ3n) is 5.13. The molecular formula is C23H32ClN5O4. The lowest BCUT2D eigenvalue weighted by Crippen LogP contribution is -2.33. The van der Waals surface area contributed by atoms with Gasteiger partial charge in [0.25, 0.3) is 0 Å². The van der Waals surface area contributed by atoms with Crippen LogP contribution in [0.2, 0.25) is 5.02 Å². The number of nitrogens with one attached hydrogen (secondary N) is 1. The Morgan fingerprint density at radius 1 is 1.09 bits per heavy atom. The molecule has 0 radical (unpaired) electrons. The zero-order valence-electron chi connectivity index (χ0n) is 19.8. The quantitative estimate of drug-likeness (QED) is 0.492. The maximum Gasteiger partial charge on any atom is 0.415 e. The number of hydrogen-bond donors (Lipinski definition) is 1. The van der Waals surface area contributed by atoms with Gasteiger partial charge in [-0.2, -0.15) is 0 Å². The van der Waals surface area contributed by atoms with Crippen molar-refractivity contribution in [2.24, 2.45) is 0 Å². The standard InChI is InChI=1S/C23H32ClN5O4/c1-6-20-21(24)22(26-15-25-20)27-16(2)18-7-9-19(10-8-18)33-23(31)29(5)12-14-32-13-11-28(4)17(3)30/h7-10,15-16H,6,11-14H2,1-5H3,(H,25,26,27). The van der Waals surface area contributed by atoms with E-state index in [4.69, 9.17) is 21.1 Å². The first-order valence-electron chi connectivity index (χ1n) is 10.8. The molecule has 180 valence electrons. The van der Waals surface area contributed by atoms with E-state index in [2.05, 4.69) is 15.3 Å². The van der Waals surface area contributed by atoms with Gasteiger partial charge in [0.15, 0.2) is 0 Å². The predicted octanol–water partition coefficient (Wildman–Crippen LogP) is 3.79. The molecule has 0 aliphatic carbocycles. The average molecular weight is 478 g/mol. The van der Waals surface area contributed by atoms with E-state index in [-0.39, 0.29) is 11.9 Å². The lowest BCUT2D eigenvalue weighted by Gasteiger charge is -2.19. The molecule has 0 spiro atoms. The number of nitrogens with zero attached hydrogens (tertiary/aromatic N) is 4. The molecule has 33 heavy (non-hydrogen) atoms. The molecule has 1 heterocycles. The molecule has 1 aromatic heterocycles. The molecule has 0 aliphatic heterocycles. The Morgan fingerprint density at radius 3 is 2.33 bits per heavy atom. The van der Waals surface area contributed by atoms with E-state index in [9.17, 15) is 9.59 Å². The predicted molar refractivity (Wildman–Crippen MR) is 128 cm³/mol. The molecule has 0 saturated carbocycles. The van der Waals surface area contributed by atoms with Crippen molar-refractivity contribution in [2.45, 2.75) is 33.2 Å². The van der Waals surface area contributed by atoms with Crippen molar-refractivity contribution in [3.63, 3.8) is 0 Å². The summed E-state index contributed by atoms with van der Waals surface area (Å²) in [6.45, 7) is 7.13. The number of rotatable bonds is 11. The third-order valence-corrected chi connectivity index (χ3v) is 5.52. The van der Waals surface area contributed by atoms with Crippen LogP contribution in [0.3, 0.4) is 0 Å². The van der Waals surface area contributed by atoms with Gasteiger partial charge in [0.05, 0.1) is 18.9 Å². The highest BCUT2D eigenvalue weighted by molar-refractivity contribution is 6.33. The Hall–Kier alpha value is -2.91. The second kappa shape index (κ2) is 13.0. The van der Waals surface area contributed by atoms with Gasteiger partial charge in [-0.1, -0.05) is 30.7 Å². The number of aryl methyl sites for hydroxylation is 1. The molecule has 1 unspecified atom stereocenters. The summed E-state index contributed by atoms with van der Waals surface area (Å²) in [6, 6.07) is 7.18. The highest BCUT2D eigenvalue weighted by atomic mass is 35.5. The van der Waals surface area contributed by atoms with Gasteiger partial charge < -0.3 is 24.6 Å². The van der Waals surface area contributed by atoms with Crippen LogP contribution in [0.5, 0.6) is 5.75 Å². The summed E-state index contributed by atoms with van der Waals surface area (Å²) in [6.07, 6.45) is 1.75. The van der Waals surface area contributed by atoms with Crippen molar-refractivity contribution >= 4 is 29.4 Å². The van der Waals surface area contributed by atoms with Gasteiger partial charge in [0, 0.05) is 40.2 Å². The Morgan fingerprint density at radius 2 is 1.73 bits per heavy atom. The second-order valence-electron chi connectivity index (χ2n) is 7.61. The summed E-state index contributed by atoms with van der Waals surface area (Å²) in [4.78, 5) is 34.8.